The van der Waals surface area contributed by atoms with E-state index in [9.17, 15) is 9.59 Å². The first-order valence-electron chi connectivity index (χ1n) is 5.55. The van der Waals surface area contributed by atoms with Crippen molar-refractivity contribution in [2.24, 2.45) is 0 Å². The Balaban J connectivity index is 2.16. The molecule has 0 unspecified atom stereocenters. The number of benzene rings is 1. The summed E-state index contributed by atoms with van der Waals surface area (Å²) in [5.74, 6) is -1.24. The van der Waals surface area contributed by atoms with Crippen LogP contribution in [0.3, 0.4) is 0 Å². The Hall–Kier alpha value is -2.69. The summed E-state index contributed by atoms with van der Waals surface area (Å²) >= 11 is 0. The molecule has 96 valence electrons. The number of esters is 1. The molecule has 0 fully saturated rings. The van der Waals surface area contributed by atoms with Crippen LogP contribution >= 0.6 is 0 Å². The zero-order chi connectivity index (χ0) is 13.8. The first-order valence-corrected chi connectivity index (χ1v) is 5.55. The molecule has 19 heavy (non-hydrogen) atoms. The fourth-order valence-corrected chi connectivity index (χ4v) is 1.47. The maximum Gasteiger partial charge on any atom is 0.354 e. The Kier molecular flexibility index (Phi) is 3.56. The normalized spacial score (nSPS) is 9.95. The molecule has 5 nitrogen and oxygen atoms in total. The largest absolute Gasteiger partial charge is 0.477 e. The van der Waals surface area contributed by atoms with E-state index in [1.54, 1.807) is 12.1 Å². The van der Waals surface area contributed by atoms with Gasteiger partial charge >= 0.3 is 11.9 Å². The van der Waals surface area contributed by atoms with Crippen molar-refractivity contribution in [3.8, 4) is 5.75 Å². The summed E-state index contributed by atoms with van der Waals surface area (Å²) in [5.41, 5.74) is 0.923. The van der Waals surface area contributed by atoms with E-state index >= 15 is 0 Å². The van der Waals surface area contributed by atoms with Crippen molar-refractivity contribution < 1.29 is 19.4 Å². The van der Waals surface area contributed by atoms with E-state index in [0.717, 1.165) is 5.56 Å². The average Bonchev–Trinajstić information content (AvgIpc) is 2.41. The molecule has 0 amide bonds. The van der Waals surface area contributed by atoms with Crippen LogP contribution in [0.15, 0.2) is 42.6 Å². The summed E-state index contributed by atoms with van der Waals surface area (Å²) in [6.07, 6.45) is 1.18. The van der Waals surface area contributed by atoms with E-state index < -0.39 is 11.9 Å². The van der Waals surface area contributed by atoms with Crippen LogP contribution in [-0.2, 0) is 0 Å². The Morgan fingerprint density at radius 1 is 1.16 bits per heavy atom. The fourth-order valence-electron chi connectivity index (χ4n) is 1.47. The molecule has 1 aromatic carbocycles. The number of carbonyl (C=O) groups excluding carboxylic acids is 1. The second-order valence-corrected chi connectivity index (χ2v) is 3.89. The highest BCUT2D eigenvalue weighted by Gasteiger charge is 2.12. The van der Waals surface area contributed by atoms with Crippen molar-refractivity contribution in [2.75, 3.05) is 0 Å². The van der Waals surface area contributed by atoms with Gasteiger partial charge < -0.3 is 9.84 Å². The number of aryl methyl sites for hydroxylation is 1. The number of para-hydroxylation sites is 1. The molecule has 0 aliphatic rings. The minimum Gasteiger partial charge on any atom is -0.477 e. The van der Waals surface area contributed by atoms with Crippen LogP contribution in [0.2, 0.25) is 0 Å². The third-order valence-electron chi connectivity index (χ3n) is 2.51. The number of carboxylic acids is 1. The summed E-state index contributed by atoms with van der Waals surface area (Å²) in [6, 6.07) is 9.76. The summed E-state index contributed by atoms with van der Waals surface area (Å²) in [5, 5.41) is 8.71. The second-order valence-electron chi connectivity index (χ2n) is 3.89. The van der Waals surface area contributed by atoms with Gasteiger partial charge in [0.05, 0.1) is 5.56 Å². The van der Waals surface area contributed by atoms with E-state index in [1.807, 2.05) is 19.1 Å². The van der Waals surface area contributed by atoms with Gasteiger partial charge in [-0.3, -0.25) is 0 Å². The molecule has 2 aromatic rings. The smallest absolute Gasteiger partial charge is 0.354 e. The Morgan fingerprint density at radius 2 is 1.89 bits per heavy atom. The van der Waals surface area contributed by atoms with Crippen LogP contribution in [0.25, 0.3) is 0 Å². The zero-order valence-corrected chi connectivity index (χ0v) is 10.2. The molecular weight excluding hydrogens is 246 g/mol. The van der Waals surface area contributed by atoms with Crippen molar-refractivity contribution in [3.63, 3.8) is 0 Å². The van der Waals surface area contributed by atoms with Gasteiger partial charge in [-0.25, -0.2) is 14.6 Å². The number of hydrogen-bond acceptors (Lipinski definition) is 4. The number of ether oxygens (including phenoxy) is 1. The minimum atomic E-state index is -1.14. The van der Waals surface area contributed by atoms with Crippen molar-refractivity contribution in [2.45, 2.75) is 6.92 Å². The van der Waals surface area contributed by atoms with Crippen molar-refractivity contribution in [3.05, 3.63) is 59.4 Å². The highest BCUT2D eigenvalue weighted by molar-refractivity contribution is 5.92. The van der Waals surface area contributed by atoms with E-state index in [0.29, 0.717) is 5.75 Å². The highest BCUT2D eigenvalue weighted by atomic mass is 16.5. The number of rotatable bonds is 3. The van der Waals surface area contributed by atoms with Gasteiger partial charge in [0.25, 0.3) is 0 Å². The number of pyridine rings is 1. The number of nitrogens with zero attached hydrogens (tertiary/aromatic N) is 1. The number of hydrogen-bond donors (Lipinski definition) is 1. The monoisotopic (exact) mass is 257 g/mol. The van der Waals surface area contributed by atoms with Gasteiger partial charge in [0.1, 0.15) is 11.4 Å². The quantitative estimate of drug-likeness (QED) is 0.674. The molecule has 0 aliphatic carbocycles. The van der Waals surface area contributed by atoms with Crippen LogP contribution in [0.1, 0.15) is 26.4 Å². The van der Waals surface area contributed by atoms with Gasteiger partial charge in [-0.15, -0.1) is 0 Å². The molecule has 0 saturated heterocycles. The third-order valence-corrected chi connectivity index (χ3v) is 2.51. The predicted octanol–water partition coefficient (Wildman–Crippen LogP) is 2.31. The zero-order valence-electron chi connectivity index (χ0n) is 10.2. The molecule has 2 rings (SSSR count). The predicted molar refractivity (Wildman–Crippen MR) is 67.3 cm³/mol. The molecule has 1 N–H and O–H groups in total. The molecule has 1 heterocycles. The van der Waals surface area contributed by atoms with Gasteiger partial charge in [-0.1, -0.05) is 18.2 Å². The highest BCUT2D eigenvalue weighted by Crippen LogP contribution is 2.17. The van der Waals surface area contributed by atoms with E-state index in [-0.39, 0.29) is 11.3 Å². The second kappa shape index (κ2) is 5.30. The maximum absolute atomic E-state index is 11.8. The van der Waals surface area contributed by atoms with Gasteiger partial charge in [-0.2, -0.15) is 0 Å². The van der Waals surface area contributed by atoms with Crippen LogP contribution in [0.4, 0.5) is 0 Å². The average molecular weight is 257 g/mol. The Morgan fingerprint density at radius 3 is 2.47 bits per heavy atom. The molecule has 0 aliphatic heterocycles. The maximum atomic E-state index is 11.8. The summed E-state index contributed by atoms with van der Waals surface area (Å²) in [4.78, 5) is 26.1. The van der Waals surface area contributed by atoms with E-state index in [2.05, 4.69) is 4.98 Å². The van der Waals surface area contributed by atoms with Gasteiger partial charge in [0.2, 0.25) is 0 Å². The lowest BCUT2D eigenvalue weighted by Gasteiger charge is -2.06. The molecule has 0 radical (unpaired) electrons. The van der Waals surface area contributed by atoms with E-state index in [1.165, 1.54) is 18.3 Å². The van der Waals surface area contributed by atoms with Crippen LogP contribution < -0.4 is 4.74 Å². The third kappa shape index (κ3) is 2.95. The van der Waals surface area contributed by atoms with Crippen LogP contribution in [0, 0.1) is 6.92 Å². The van der Waals surface area contributed by atoms with Crippen molar-refractivity contribution in [1.82, 2.24) is 4.98 Å². The lowest BCUT2D eigenvalue weighted by atomic mass is 10.2. The molecule has 5 heteroatoms. The van der Waals surface area contributed by atoms with E-state index in [4.69, 9.17) is 9.84 Å². The molecule has 1 aromatic heterocycles. The molecule has 0 atom stereocenters. The fraction of sp³-hybridized carbons (Fsp3) is 0.0714. The Labute approximate surface area is 109 Å². The van der Waals surface area contributed by atoms with Crippen LogP contribution in [0.5, 0.6) is 5.75 Å². The number of carbonyl (C=O) groups is 2. The lowest BCUT2D eigenvalue weighted by molar-refractivity contribution is 0.0685. The Bertz CT molecular complexity index is 620. The number of aromatic carboxylic acids is 1. The van der Waals surface area contributed by atoms with Crippen molar-refractivity contribution >= 4 is 11.9 Å². The summed E-state index contributed by atoms with van der Waals surface area (Å²) in [7, 11) is 0. The number of carboxylic acid groups (broad SMARTS) is 1. The van der Waals surface area contributed by atoms with Gasteiger partial charge in [0, 0.05) is 6.20 Å². The molecule has 0 spiro atoms. The summed E-state index contributed by atoms with van der Waals surface area (Å²) in [6.45, 7) is 1.83. The van der Waals surface area contributed by atoms with Crippen molar-refractivity contribution in [1.29, 1.82) is 0 Å². The molecule has 0 saturated carbocycles. The standard InChI is InChI=1S/C14H11NO4/c1-9-4-2-3-5-12(9)19-14(18)10-6-7-11(13(16)17)15-8-10/h2-8H,1H3,(H,16,17). The topological polar surface area (TPSA) is 76.5 Å². The SMILES string of the molecule is Cc1ccccc1OC(=O)c1ccc(C(=O)O)nc1. The molecule has 0 bridgehead atoms. The number of aromatic nitrogens is 1. The first kappa shape index (κ1) is 12.8. The lowest BCUT2D eigenvalue weighted by Crippen LogP contribution is -2.10. The minimum absolute atomic E-state index is 0.118. The first-order chi connectivity index (χ1) is 9.08. The summed E-state index contributed by atoms with van der Waals surface area (Å²) < 4.78 is 5.21. The van der Waals surface area contributed by atoms with Gasteiger partial charge in [-0.05, 0) is 30.7 Å². The molecular formula is C14H11NO4. The van der Waals surface area contributed by atoms with Crippen LogP contribution in [-0.4, -0.2) is 22.0 Å². The van der Waals surface area contributed by atoms with Gasteiger partial charge in [0.15, 0.2) is 0 Å².